The second-order valence-corrected chi connectivity index (χ2v) is 4.73. The lowest BCUT2D eigenvalue weighted by atomic mass is 10.1. The normalized spacial score (nSPS) is 10.6. The minimum atomic E-state index is -1.08. The minimum absolute atomic E-state index is 0.189. The zero-order valence-electron chi connectivity index (χ0n) is 10.3. The summed E-state index contributed by atoms with van der Waals surface area (Å²) in [7, 11) is 0. The van der Waals surface area contributed by atoms with Crippen LogP contribution in [0.2, 0.25) is 0 Å². The number of pyridine rings is 1. The number of aliphatic carboxylic acids is 1. The number of hydrogen-bond donors (Lipinski definition) is 2. The molecule has 0 saturated heterocycles. The first kappa shape index (κ1) is 13.9. The topological polar surface area (TPSA) is 92.2 Å². The zero-order chi connectivity index (χ0) is 14.4. The summed E-state index contributed by atoms with van der Waals surface area (Å²) >= 11 is 1.44. The summed E-state index contributed by atoms with van der Waals surface area (Å²) in [5, 5.41) is 11.3. The van der Waals surface area contributed by atoms with E-state index in [-0.39, 0.29) is 11.6 Å². The van der Waals surface area contributed by atoms with E-state index in [1.54, 1.807) is 23.8 Å². The second kappa shape index (κ2) is 6.58. The van der Waals surface area contributed by atoms with Gasteiger partial charge < -0.3 is 10.4 Å². The van der Waals surface area contributed by atoms with Crippen LogP contribution in [0.1, 0.15) is 20.9 Å². The molecule has 0 unspecified atom stereocenters. The minimum Gasteiger partial charge on any atom is -0.478 e. The summed E-state index contributed by atoms with van der Waals surface area (Å²) in [6.07, 6.45) is 5.47. The molecule has 2 N–H and O–H groups in total. The highest BCUT2D eigenvalue weighted by atomic mass is 32.1. The third-order valence-corrected chi connectivity index (χ3v) is 3.15. The molecule has 0 bridgehead atoms. The Bertz CT molecular complexity index is 638. The molecule has 0 atom stereocenters. The smallest absolute Gasteiger partial charge is 0.328 e. The molecule has 0 fully saturated rings. The fraction of sp³-hybridized carbons (Fsp3) is 0.0769. The largest absolute Gasteiger partial charge is 0.478 e. The maximum absolute atomic E-state index is 12.0. The standard InChI is InChI=1S/C13H11N3O3S/c17-11(18)4-3-9-2-1-5-15-12(9)13(19)16-7-10-6-14-8-20-10/h1-6,8H,7H2,(H,16,19)(H,17,18)/b4-3+. The fourth-order valence-corrected chi connectivity index (χ4v) is 2.02. The van der Waals surface area contributed by atoms with Crippen LogP contribution in [-0.4, -0.2) is 27.0 Å². The van der Waals surface area contributed by atoms with Crippen LogP contribution in [0.3, 0.4) is 0 Å². The number of carbonyl (C=O) groups is 2. The summed E-state index contributed by atoms with van der Waals surface area (Å²) in [4.78, 5) is 31.4. The summed E-state index contributed by atoms with van der Waals surface area (Å²) in [6, 6.07) is 3.27. The highest BCUT2D eigenvalue weighted by Crippen LogP contribution is 2.09. The first-order valence-corrected chi connectivity index (χ1v) is 6.56. The van der Waals surface area contributed by atoms with Crippen LogP contribution in [0, 0.1) is 0 Å². The van der Waals surface area contributed by atoms with Crippen molar-refractivity contribution < 1.29 is 14.7 Å². The van der Waals surface area contributed by atoms with Crippen molar-refractivity contribution in [3.05, 3.63) is 52.2 Å². The Labute approximate surface area is 118 Å². The predicted molar refractivity (Wildman–Crippen MR) is 74.2 cm³/mol. The van der Waals surface area contributed by atoms with Crippen LogP contribution < -0.4 is 5.32 Å². The lowest BCUT2D eigenvalue weighted by Gasteiger charge is -2.05. The number of nitrogens with one attached hydrogen (secondary N) is 1. The van der Waals surface area contributed by atoms with Crippen LogP contribution in [0.5, 0.6) is 0 Å². The Morgan fingerprint density at radius 1 is 1.45 bits per heavy atom. The number of carbonyl (C=O) groups excluding carboxylic acids is 1. The van der Waals surface area contributed by atoms with Crippen molar-refractivity contribution in [2.24, 2.45) is 0 Å². The molecule has 0 aliphatic heterocycles. The average Bonchev–Trinajstić information content (AvgIpc) is 2.96. The number of aromatic nitrogens is 2. The van der Waals surface area contributed by atoms with E-state index in [9.17, 15) is 9.59 Å². The molecule has 6 nitrogen and oxygen atoms in total. The van der Waals surface area contributed by atoms with Gasteiger partial charge in [0.1, 0.15) is 5.69 Å². The van der Waals surface area contributed by atoms with Crippen molar-refractivity contribution in [1.82, 2.24) is 15.3 Å². The van der Waals surface area contributed by atoms with Crippen LogP contribution in [0.15, 0.2) is 36.1 Å². The van der Waals surface area contributed by atoms with Gasteiger partial charge in [0, 0.05) is 28.9 Å². The first-order valence-electron chi connectivity index (χ1n) is 5.68. The molecule has 1 amide bonds. The van der Waals surface area contributed by atoms with E-state index in [1.165, 1.54) is 23.6 Å². The summed E-state index contributed by atoms with van der Waals surface area (Å²) in [5.74, 6) is -1.44. The molecule has 2 aromatic rings. The van der Waals surface area contributed by atoms with Gasteiger partial charge in [0.2, 0.25) is 0 Å². The summed E-state index contributed by atoms with van der Waals surface area (Å²) in [5.41, 5.74) is 2.33. The molecule has 102 valence electrons. The number of hydrogen-bond acceptors (Lipinski definition) is 5. The van der Waals surface area contributed by atoms with Gasteiger partial charge in [0.25, 0.3) is 5.91 Å². The molecule has 0 aromatic carbocycles. The van der Waals surface area contributed by atoms with Crippen molar-refractivity contribution in [3.8, 4) is 0 Å². The van der Waals surface area contributed by atoms with Gasteiger partial charge in [-0.3, -0.25) is 14.8 Å². The van der Waals surface area contributed by atoms with Crippen molar-refractivity contribution >= 4 is 29.3 Å². The van der Waals surface area contributed by atoms with Crippen molar-refractivity contribution in [3.63, 3.8) is 0 Å². The van der Waals surface area contributed by atoms with E-state index >= 15 is 0 Å². The number of thiazole rings is 1. The van der Waals surface area contributed by atoms with Crippen molar-refractivity contribution in [1.29, 1.82) is 0 Å². The Balaban J connectivity index is 2.11. The summed E-state index contributed by atoms with van der Waals surface area (Å²) < 4.78 is 0. The molecule has 0 saturated carbocycles. The number of carboxylic acid groups (broad SMARTS) is 1. The van der Waals surface area contributed by atoms with Gasteiger partial charge in [-0.1, -0.05) is 6.07 Å². The van der Waals surface area contributed by atoms with E-state index in [0.29, 0.717) is 12.1 Å². The van der Waals surface area contributed by atoms with E-state index in [2.05, 4.69) is 15.3 Å². The Kier molecular flexibility index (Phi) is 4.56. The van der Waals surface area contributed by atoms with Gasteiger partial charge in [-0.25, -0.2) is 4.79 Å². The van der Waals surface area contributed by atoms with E-state index in [0.717, 1.165) is 11.0 Å². The molecular formula is C13H11N3O3S. The number of nitrogens with zero attached hydrogens (tertiary/aromatic N) is 2. The molecule has 0 radical (unpaired) electrons. The van der Waals surface area contributed by atoms with Crippen LogP contribution >= 0.6 is 11.3 Å². The monoisotopic (exact) mass is 289 g/mol. The highest BCUT2D eigenvalue weighted by Gasteiger charge is 2.11. The van der Waals surface area contributed by atoms with Gasteiger partial charge in [-0.15, -0.1) is 11.3 Å². The Morgan fingerprint density at radius 2 is 2.30 bits per heavy atom. The van der Waals surface area contributed by atoms with Crippen LogP contribution in [-0.2, 0) is 11.3 Å². The van der Waals surface area contributed by atoms with Gasteiger partial charge in [-0.05, 0) is 12.1 Å². The third kappa shape index (κ3) is 3.72. The lowest BCUT2D eigenvalue weighted by Crippen LogP contribution is -2.24. The van der Waals surface area contributed by atoms with Crippen molar-refractivity contribution in [2.75, 3.05) is 0 Å². The second-order valence-electron chi connectivity index (χ2n) is 3.76. The number of carboxylic acids is 1. The van der Waals surface area contributed by atoms with E-state index in [4.69, 9.17) is 5.11 Å². The van der Waals surface area contributed by atoms with Gasteiger partial charge >= 0.3 is 5.97 Å². The molecule has 0 aliphatic rings. The maximum atomic E-state index is 12.0. The van der Waals surface area contributed by atoms with Gasteiger partial charge in [-0.2, -0.15) is 0 Å². The predicted octanol–water partition coefficient (Wildman–Crippen LogP) is 1.57. The summed E-state index contributed by atoms with van der Waals surface area (Å²) in [6.45, 7) is 0.363. The van der Waals surface area contributed by atoms with Gasteiger partial charge in [0.05, 0.1) is 12.1 Å². The third-order valence-electron chi connectivity index (χ3n) is 2.37. The maximum Gasteiger partial charge on any atom is 0.328 e. The fourth-order valence-electron chi connectivity index (χ4n) is 1.48. The number of rotatable bonds is 5. The first-order chi connectivity index (χ1) is 9.66. The highest BCUT2D eigenvalue weighted by molar-refractivity contribution is 7.09. The average molecular weight is 289 g/mol. The van der Waals surface area contributed by atoms with E-state index in [1.807, 2.05) is 0 Å². The molecule has 2 aromatic heterocycles. The van der Waals surface area contributed by atoms with Crippen molar-refractivity contribution in [2.45, 2.75) is 6.54 Å². The zero-order valence-corrected chi connectivity index (χ0v) is 11.1. The van der Waals surface area contributed by atoms with Crippen LogP contribution in [0.4, 0.5) is 0 Å². The SMILES string of the molecule is O=C(O)/C=C/c1cccnc1C(=O)NCc1cncs1. The quantitative estimate of drug-likeness (QED) is 0.815. The van der Waals surface area contributed by atoms with Crippen LogP contribution in [0.25, 0.3) is 6.08 Å². The molecule has 2 rings (SSSR count). The molecule has 0 spiro atoms. The molecule has 20 heavy (non-hydrogen) atoms. The van der Waals surface area contributed by atoms with E-state index < -0.39 is 5.97 Å². The molecular weight excluding hydrogens is 278 g/mol. The molecule has 0 aliphatic carbocycles. The lowest BCUT2D eigenvalue weighted by molar-refractivity contribution is -0.131. The van der Waals surface area contributed by atoms with Gasteiger partial charge in [0.15, 0.2) is 0 Å². The molecule has 7 heteroatoms. The Morgan fingerprint density at radius 3 is 3.00 bits per heavy atom. The molecule has 2 heterocycles. The number of amides is 1. The Hall–Kier alpha value is -2.54.